The van der Waals surface area contributed by atoms with Crippen molar-refractivity contribution in [2.75, 3.05) is 27.4 Å². The molecule has 8 heteroatoms. The van der Waals surface area contributed by atoms with Crippen LogP contribution in [0.4, 0.5) is 0 Å². The monoisotopic (exact) mass is 461 g/mol. The van der Waals surface area contributed by atoms with Crippen molar-refractivity contribution >= 4 is 10.9 Å². The smallest absolute Gasteiger partial charge is 0.230 e. The second kappa shape index (κ2) is 10.9. The lowest BCUT2D eigenvalue weighted by atomic mass is 10.0. The van der Waals surface area contributed by atoms with Gasteiger partial charge in [0.15, 0.2) is 0 Å². The fourth-order valence-electron chi connectivity index (χ4n) is 3.73. The maximum Gasteiger partial charge on any atom is 0.230 e. The third-order valence-corrected chi connectivity index (χ3v) is 5.52. The van der Waals surface area contributed by atoms with E-state index in [-0.39, 0.29) is 13.2 Å². The van der Waals surface area contributed by atoms with Crippen LogP contribution in [0.5, 0.6) is 23.1 Å². The van der Waals surface area contributed by atoms with Gasteiger partial charge in [0, 0.05) is 24.2 Å². The molecule has 3 aromatic carbocycles. The zero-order valence-electron chi connectivity index (χ0n) is 19.1. The third kappa shape index (κ3) is 4.94. The first-order chi connectivity index (χ1) is 16.7. The molecule has 34 heavy (non-hydrogen) atoms. The van der Waals surface area contributed by atoms with Crippen molar-refractivity contribution in [1.82, 2.24) is 15.3 Å². The van der Waals surface area contributed by atoms with Crippen LogP contribution in [0, 0.1) is 0 Å². The highest BCUT2D eigenvalue weighted by atomic mass is 16.5. The maximum atomic E-state index is 9.33. The molecule has 0 aliphatic carbocycles. The topological polar surface area (TPSA) is 106 Å². The van der Waals surface area contributed by atoms with Crippen molar-refractivity contribution in [3.05, 3.63) is 72.6 Å². The number of aliphatic hydroxyl groups excluding tert-OH is 2. The van der Waals surface area contributed by atoms with Crippen LogP contribution < -0.4 is 19.5 Å². The fraction of sp³-hybridized carbons (Fsp3) is 0.231. The molecule has 176 valence electrons. The summed E-state index contributed by atoms with van der Waals surface area (Å²) >= 11 is 0. The summed E-state index contributed by atoms with van der Waals surface area (Å²) in [5.41, 5.74) is 3.58. The number of nitrogens with one attached hydrogen (secondary N) is 1. The Kier molecular flexibility index (Phi) is 7.54. The molecule has 3 N–H and O–H groups in total. The van der Waals surface area contributed by atoms with E-state index in [0.717, 1.165) is 27.6 Å². The van der Waals surface area contributed by atoms with Crippen LogP contribution >= 0.6 is 0 Å². The van der Waals surface area contributed by atoms with Crippen molar-refractivity contribution in [2.24, 2.45) is 0 Å². The van der Waals surface area contributed by atoms with E-state index in [2.05, 4.69) is 15.3 Å². The number of methoxy groups -OCH3 is 2. The van der Waals surface area contributed by atoms with E-state index in [4.69, 9.17) is 14.2 Å². The Bertz CT molecular complexity index is 1220. The van der Waals surface area contributed by atoms with Crippen LogP contribution in [0.3, 0.4) is 0 Å². The minimum atomic E-state index is -0.448. The Morgan fingerprint density at radius 1 is 0.882 bits per heavy atom. The van der Waals surface area contributed by atoms with Gasteiger partial charge in [0.1, 0.15) is 23.6 Å². The molecule has 1 aromatic heterocycles. The molecule has 0 unspecified atom stereocenters. The van der Waals surface area contributed by atoms with E-state index in [9.17, 15) is 10.2 Å². The molecule has 0 saturated carbocycles. The Morgan fingerprint density at radius 2 is 1.59 bits per heavy atom. The highest BCUT2D eigenvalue weighted by molar-refractivity contribution is 5.96. The number of nitrogens with zero attached hydrogens (tertiary/aromatic N) is 2. The Balaban J connectivity index is 1.69. The number of ether oxygens (including phenoxy) is 3. The van der Waals surface area contributed by atoms with Crippen LogP contribution in [-0.2, 0) is 6.54 Å². The van der Waals surface area contributed by atoms with Crippen molar-refractivity contribution in [3.63, 3.8) is 0 Å². The molecular weight excluding hydrogens is 434 g/mol. The van der Waals surface area contributed by atoms with Crippen LogP contribution in [0.15, 0.2) is 67.0 Å². The quantitative estimate of drug-likeness (QED) is 0.329. The molecule has 4 rings (SSSR count). The summed E-state index contributed by atoms with van der Waals surface area (Å²) in [7, 11) is 3.12. The molecule has 0 amide bonds. The highest BCUT2D eigenvalue weighted by Gasteiger charge is 2.17. The summed E-state index contributed by atoms with van der Waals surface area (Å²) < 4.78 is 17.3. The van der Waals surface area contributed by atoms with Gasteiger partial charge in [-0.3, -0.25) is 0 Å². The number of hydrogen-bond acceptors (Lipinski definition) is 8. The summed E-state index contributed by atoms with van der Waals surface area (Å²) in [6, 6.07) is 19.0. The molecule has 0 saturated heterocycles. The van der Waals surface area contributed by atoms with Crippen LogP contribution in [0.2, 0.25) is 0 Å². The standard InChI is InChI=1S/C26H27N3O5/c1-32-23-11-19(12-24(33-2)22(23)13-27-18(14-30)15-31)34-26-21-10-6-9-20(25(21)28-16-29-26)17-7-4-3-5-8-17/h3-12,16,18,27,30-31H,13-15H2,1-2H3. The predicted octanol–water partition coefficient (Wildman–Crippen LogP) is 3.55. The SMILES string of the molecule is COc1cc(Oc2ncnc3c(-c4ccccc4)cccc23)cc(OC)c1CNC(CO)CO. The van der Waals surface area contributed by atoms with Gasteiger partial charge in [0.05, 0.1) is 49.9 Å². The number of aliphatic hydroxyl groups is 2. The molecule has 0 spiro atoms. The van der Waals surface area contributed by atoms with Crippen molar-refractivity contribution in [1.29, 1.82) is 0 Å². The van der Waals surface area contributed by atoms with Gasteiger partial charge in [-0.1, -0.05) is 42.5 Å². The van der Waals surface area contributed by atoms with E-state index in [1.807, 2.05) is 48.5 Å². The number of rotatable bonds is 10. The van der Waals surface area contributed by atoms with E-state index >= 15 is 0 Å². The van der Waals surface area contributed by atoms with E-state index in [1.54, 1.807) is 26.4 Å². The second-order valence-corrected chi connectivity index (χ2v) is 7.60. The van der Waals surface area contributed by atoms with Gasteiger partial charge in [0.2, 0.25) is 5.88 Å². The molecule has 4 aromatic rings. The number of fused-ring (bicyclic) bond motifs is 1. The van der Waals surface area contributed by atoms with E-state index < -0.39 is 6.04 Å². The van der Waals surface area contributed by atoms with Gasteiger partial charge in [-0.15, -0.1) is 0 Å². The van der Waals surface area contributed by atoms with Crippen LogP contribution in [0.25, 0.3) is 22.0 Å². The highest BCUT2D eigenvalue weighted by Crippen LogP contribution is 2.38. The van der Waals surface area contributed by atoms with Crippen LogP contribution in [0.1, 0.15) is 5.56 Å². The van der Waals surface area contributed by atoms with Gasteiger partial charge in [-0.2, -0.15) is 0 Å². The molecule has 0 fully saturated rings. The zero-order valence-corrected chi connectivity index (χ0v) is 19.1. The van der Waals surface area contributed by atoms with Gasteiger partial charge < -0.3 is 29.7 Å². The lowest BCUT2D eigenvalue weighted by Gasteiger charge is -2.19. The average molecular weight is 462 g/mol. The Morgan fingerprint density at radius 3 is 2.24 bits per heavy atom. The lowest BCUT2D eigenvalue weighted by Crippen LogP contribution is -2.35. The fourth-order valence-corrected chi connectivity index (χ4v) is 3.73. The Hall–Kier alpha value is -3.72. The molecule has 0 aliphatic heterocycles. The van der Waals surface area contributed by atoms with Gasteiger partial charge in [0.25, 0.3) is 0 Å². The van der Waals surface area contributed by atoms with Crippen molar-refractivity contribution in [3.8, 4) is 34.3 Å². The summed E-state index contributed by atoms with van der Waals surface area (Å²) in [6.45, 7) is -0.0442. The van der Waals surface area contributed by atoms with Crippen molar-refractivity contribution < 1.29 is 24.4 Å². The molecule has 8 nitrogen and oxygen atoms in total. The van der Waals surface area contributed by atoms with Gasteiger partial charge in [-0.25, -0.2) is 9.97 Å². The Labute approximate surface area is 197 Å². The minimum Gasteiger partial charge on any atom is -0.496 e. The number of aromatic nitrogens is 2. The zero-order chi connectivity index (χ0) is 23.9. The molecule has 0 atom stereocenters. The summed E-state index contributed by atoms with van der Waals surface area (Å²) in [5.74, 6) is 1.99. The first-order valence-electron chi connectivity index (χ1n) is 10.9. The second-order valence-electron chi connectivity index (χ2n) is 7.60. The van der Waals surface area contributed by atoms with E-state index in [1.165, 1.54) is 6.33 Å². The molecular formula is C26H27N3O5. The lowest BCUT2D eigenvalue weighted by molar-refractivity contribution is 0.169. The maximum absolute atomic E-state index is 9.33. The first-order valence-corrected chi connectivity index (χ1v) is 10.9. The van der Waals surface area contributed by atoms with Crippen molar-refractivity contribution in [2.45, 2.75) is 12.6 Å². The van der Waals surface area contributed by atoms with Crippen LogP contribution in [-0.4, -0.2) is 53.7 Å². The summed E-state index contributed by atoms with van der Waals surface area (Å²) in [5, 5.41) is 22.5. The molecule has 0 aliphatic rings. The normalized spacial score (nSPS) is 11.1. The van der Waals surface area contributed by atoms with E-state index in [0.29, 0.717) is 29.7 Å². The minimum absolute atomic E-state index is 0.186. The molecule has 0 bridgehead atoms. The number of benzene rings is 3. The predicted molar refractivity (Wildman–Crippen MR) is 129 cm³/mol. The average Bonchev–Trinajstić information content (AvgIpc) is 2.89. The van der Waals surface area contributed by atoms with Gasteiger partial charge in [-0.05, 0) is 11.6 Å². The molecule has 1 heterocycles. The largest absolute Gasteiger partial charge is 0.496 e. The third-order valence-electron chi connectivity index (χ3n) is 5.52. The first kappa shape index (κ1) is 23.4. The van der Waals surface area contributed by atoms with Gasteiger partial charge >= 0.3 is 0 Å². The summed E-state index contributed by atoms with van der Waals surface area (Å²) in [4.78, 5) is 8.88. The number of para-hydroxylation sites is 1. The number of hydrogen-bond donors (Lipinski definition) is 3. The summed E-state index contributed by atoms with van der Waals surface area (Å²) in [6.07, 6.45) is 1.49. The molecule has 0 radical (unpaired) electrons.